The standard InChI is InChI=1S/C10H20N4OS/c1-5-15-6-7(12-11)8-9(10(2,3)4)13-14-16-8/h7,12H,5-6,11H2,1-4H3. The van der Waals surface area contributed by atoms with E-state index < -0.39 is 0 Å². The van der Waals surface area contributed by atoms with Crippen molar-refractivity contribution in [2.45, 2.75) is 39.2 Å². The molecule has 16 heavy (non-hydrogen) atoms. The van der Waals surface area contributed by atoms with Gasteiger partial charge in [-0.25, -0.2) is 5.43 Å². The number of hydrazine groups is 1. The molecular formula is C10H20N4OS. The van der Waals surface area contributed by atoms with Crippen LogP contribution in [0, 0.1) is 0 Å². The Hall–Kier alpha value is -0.560. The van der Waals surface area contributed by atoms with Gasteiger partial charge in [0.05, 0.1) is 23.2 Å². The van der Waals surface area contributed by atoms with E-state index in [1.165, 1.54) is 11.5 Å². The highest BCUT2D eigenvalue weighted by molar-refractivity contribution is 7.05. The van der Waals surface area contributed by atoms with Crippen LogP contribution in [0.25, 0.3) is 0 Å². The van der Waals surface area contributed by atoms with Crippen LogP contribution < -0.4 is 11.3 Å². The van der Waals surface area contributed by atoms with Gasteiger partial charge in [0, 0.05) is 12.0 Å². The number of nitrogens with one attached hydrogen (secondary N) is 1. The number of nitrogens with zero attached hydrogens (tertiary/aromatic N) is 2. The van der Waals surface area contributed by atoms with Crippen LogP contribution in [0.15, 0.2) is 0 Å². The summed E-state index contributed by atoms with van der Waals surface area (Å²) in [7, 11) is 0. The molecule has 0 aliphatic carbocycles. The fourth-order valence-electron chi connectivity index (χ4n) is 1.38. The number of aromatic nitrogens is 2. The average Bonchev–Trinajstić information content (AvgIpc) is 2.67. The molecule has 1 heterocycles. The SMILES string of the molecule is CCOCC(NN)c1snnc1C(C)(C)C. The van der Waals surface area contributed by atoms with Crippen molar-refractivity contribution in [1.29, 1.82) is 0 Å². The summed E-state index contributed by atoms with van der Waals surface area (Å²) in [5.74, 6) is 5.54. The van der Waals surface area contributed by atoms with Crippen LogP contribution in [0.1, 0.15) is 44.3 Å². The number of nitrogens with two attached hydrogens (primary N) is 1. The third-order valence-corrected chi connectivity index (χ3v) is 3.07. The molecule has 3 N–H and O–H groups in total. The highest BCUT2D eigenvalue weighted by atomic mass is 32.1. The molecule has 0 spiro atoms. The predicted molar refractivity (Wildman–Crippen MR) is 65.2 cm³/mol. The van der Waals surface area contributed by atoms with Gasteiger partial charge in [-0.05, 0) is 18.5 Å². The number of rotatable bonds is 5. The summed E-state index contributed by atoms with van der Waals surface area (Å²) < 4.78 is 9.39. The molecule has 0 saturated carbocycles. The molecular weight excluding hydrogens is 224 g/mol. The second-order valence-corrected chi connectivity index (χ2v) is 5.40. The van der Waals surface area contributed by atoms with Crippen molar-refractivity contribution in [1.82, 2.24) is 15.0 Å². The number of ether oxygens (including phenoxy) is 1. The zero-order chi connectivity index (χ0) is 12.2. The Bertz CT molecular complexity index is 321. The predicted octanol–water partition coefficient (Wildman–Crippen LogP) is 1.38. The van der Waals surface area contributed by atoms with E-state index in [9.17, 15) is 0 Å². The lowest BCUT2D eigenvalue weighted by molar-refractivity contribution is 0.123. The highest BCUT2D eigenvalue weighted by Crippen LogP contribution is 2.30. The van der Waals surface area contributed by atoms with E-state index in [1.54, 1.807) is 0 Å². The van der Waals surface area contributed by atoms with E-state index in [-0.39, 0.29) is 11.5 Å². The Labute approximate surface area is 101 Å². The van der Waals surface area contributed by atoms with Gasteiger partial charge in [0.25, 0.3) is 0 Å². The Morgan fingerprint density at radius 3 is 2.69 bits per heavy atom. The lowest BCUT2D eigenvalue weighted by Crippen LogP contribution is -2.32. The molecule has 1 atom stereocenters. The zero-order valence-electron chi connectivity index (χ0n) is 10.3. The van der Waals surface area contributed by atoms with E-state index >= 15 is 0 Å². The first-order valence-corrected chi connectivity index (χ1v) is 6.14. The van der Waals surface area contributed by atoms with E-state index in [0.717, 1.165) is 10.6 Å². The Morgan fingerprint density at radius 2 is 2.19 bits per heavy atom. The molecule has 0 radical (unpaired) electrons. The molecule has 6 heteroatoms. The number of hydrogen-bond acceptors (Lipinski definition) is 6. The maximum Gasteiger partial charge on any atom is 0.0858 e. The first-order chi connectivity index (χ1) is 7.50. The van der Waals surface area contributed by atoms with Crippen molar-refractivity contribution in [2.24, 2.45) is 5.84 Å². The topological polar surface area (TPSA) is 73.1 Å². The highest BCUT2D eigenvalue weighted by Gasteiger charge is 2.26. The fraction of sp³-hybridized carbons (Fsp3) is 0.800. The molecule has 1 unspecified atom stereocenters. The van der Waals surface area contributed by atoms with Crippen molar-refractivity contribution >= 4 is 11.5 Å². The molecule has 1 rings (SSSR count). The molecule has 0 bridgehead atoms. The van der Waals surface area contributed by atoms with Gasteiger partial charge in [0.15, 0.2) is 0 Å². The molecule has 5 nitrogen and oxygen atoms in total. The minimum Gasteiger partial charge on any atom is -0.380 e. The van der Waals surface area contributed by atoms with Crippen LogP contribution in [0.5, 0.6) is 0 Å². The third-order valence-electron chi connectivity index (χ3n) is 2.23. The van der Waals surface area contributed by atoms with E-state index in [4.69, 9.17) is 10.6 Å². The van der Waals surface area contributed by atoms with E-state index in [0.29, 0.717) is 13.2 Å². The van der Waals surface area contributed by atoms with Crippen molar-refractivity contribution in [2.75, 3.05) is 13.2 Å². The van der Waals surface area contributed by atoms with Gasteiger partial charge in [0.1, 0.15) is 0 Å². The smallest absolute Gasteiger partial charge is 0.0858 e. The van der Waals surface area contributed by atoms with Crippen LogP contribution >= 0.6 is 11.5 Å². The normalized spacial score (nSPS) is 14.1. The molecule has 0 aromatic carbocycles. The Balaban J connectivity index is 2.88. The van der Waals surface area contributed by atoms with Gasteiger partial charge in [-0.2, -0.15) is 0 Å². The van der Waals surface area contributed by atoms with Gasteiger partial charge < -0.3 is 4.74 Å². The van der Waals surface area contributed by atoms with E-state index in [1.807, 2.05) is 6.92 Å². The molecule has 0 fully saturated rings. The summed E-state index contributed by atoms with van der Waals surface area (Å²) in [5, 5.41) is 4.18. The summed E-state index contributed by atoms with van der Waals surface area (Å²) in [4.78, 5) is 1.06. The van der Waals surface area contributed by atoms with Crippen LogP contribution in [-0.4, -0.2) is 22.8 Å². The van der Waals surface area contributed by atoms with Crippen molar-refractivity contribution in [3.05, 3.63) is 10.6 Å². The Kier molecular flexibility index (Phi) is 4.79. The summed E-state index contributed by atoms with van der Waals surface area (Å²) in [6.45, 7) is 9.52. The maximum absolute atomic E-state index is 5.54. The first-order valence-electron chi connectivity index (χ1n) is 5.37. The molecule has 1 aromatic rings. The van der Waals surface area contributed by atoms with Gasteiger partial charge in [-0.15, -0.1) is 5.10 Å². The van der Waals surface area contributed by atoms with Crippen molar-refractivity contribution in [3.63, 3.8) is 0 Å². The number of hydrogen-bond donors (Lipinski definition) is 2. The minimum absolute atomic E-state index is 0.0242. The second kappa shape index (κ2) is 5.67. The van der Waals surface area contributed by atoms with Crippen LogP contribution in [-0.2, 0) is 10.2 Å². The molecule has 0 aliphatic heterocycles. The monoisotopic (exact) mass is 244 g/mol. The van der Waals surface area contributed by atoms with Gasteiger partial charge in [0.2, 0.25) is 0 Å². The summed E-state index contributed by atoms with van der Waals surface area (Å²) >= 11 is 1.38. The first kappa shape index (κ1) is 13.5. The largest absolute Gasteiger partial charge is 0.380 e. The second-order valence-electron chi connectivity index (χ2n) is 4.61. The van der Waals surface area contributed by atoms with Gasteiger partial charge in [-0.1, -0.05) is 25.3 Å². The van der Waals surface area contributed by atoms with Gasteiger partial charge >= 0.3 is 0 Å². The summed E-state index contributed by atoms with van der Waals surface area (Å²) in [6.07, 6.45) is 0. The van der Waals surface area contributed by atoms with Crippen molar-refractivity contribution in [3.8, 4) is 0 Å². The molecule has 1 aromatic heterocycles. The van der Waals surface area contributed by atoms with E-state index in [2.05, 4.69) is 35.8 Å². The minimum atomic E-state index is -0.0332. The quantitative estimate of drug-likeness (QED) is 0.604. The molecule has 0 amide bonds. The zero-order valence-corrected chi connectivity index (χ0v) is 11.1. The van der Waals surface area contributed by atoms with Gasteiger partial charge in [-0.3, -0.25) is 5.84 Å². The summed E-state index contributed by atoms with van der Waals surface area (Å²) in [6, 6.07) is -0.0332. The maximum atomic E-state index is 5.54. The summed E-state index contributed by atoms with van der Waals surface area (Å²) in [5.41, 5.74) is 3.72. The Morgan fingerprint density at radius 1 is 1.50 bits per heavy atom. The molecule has 0 aliphatic rings. The molecule has 0 saturated heterocycles. The van der Waals surface area contributed by atoms with Crippen molar-refractivity contribution < 1.29 is 4.74 Å². The fourth-order valence-corrected chi connectivity index (χ4v) is 2.29. The van der Waals surface area contributed by atoms with Crippen LogP contribution in [0.4, 0.5) is 0 Å². The molecule has 92 valence electrons. The lowest BCUT2D eigenvalue weighted by atomic mass is 9.90. The van der Waals surface area contributed by atoms with Crippen LogP contribution in [0.2, 0.25) is 0 Å². The van der Waals surface area contributed by atoms with Crippen LogP contribution in [0.3, 0.4) is 0 Å². The lowest BCUT2D eigenvalue weighted by Gasteiger charge is -2.21. The third kappa shape index (κ3) is 3.21. The average molecular weight is 244 g/mol.